The third kappa shape index (κ3) is 2.16. The van der Waals surface area contributed by atoms with Crippen LogP contribution in [0.5, 0.6) is 0 Å². The quantitative estimate of drug-likeness (QED) is 0.774. The molecule has 0 saturated carbocycles. The number of carbonyl (C=O) groups excluding carboxylic acids is 1. The average molecular weight is 275 g/mol. The van der Waals surface area contributed by atoms with E-state index in [0.29, 0.717) is 0 Å². The van der Waals surface area contributed by atoms with Crippen molar-refractivity contribution in [2.24, 2.45) is 5.41 Å². The predicted octanol–water partition coefficient (Wildman–Crippen LogP) is 1.05. The van der Waals surface area contributed by atoms with E-state index in [-0.39, 0.29) is 26.3 Å². The van der Waals surface area contributed by atoms with Crippen LogP contribution in [0.2, 0.25) is 0 Å². The molecule has 19 heavy (non-hydrogen) atoms. The van der Waals surface area contributed by atoms with Gasteiger partial charge in [0.05, 0.1) is 19.8 Å². The van der Waals surface area contributed by atoms with Crippen molar-refractivity contribution in [1.29, 1.82) is 0 Å². The Morgan fingerprint density at radius 2 is 1.95 bits per heavy atom. The largest absolute Gasteiger partial charge is 0.481 e. The molecule has 0 aromatic rings. The maximum Gasteiger partial charge on any atom is 0.410 e. The monoisotopic (exact) mass is 275 g/mol. The Bertz CT molecular complexity index is 421. The van der Waals surface area contributed by atoms with Gasteiger partial charge in [0.25, 0.3) is 0 Å². The molecule has 1 N–H and O–H groups in total. The molecule has 0 bridgehead atoms. The Morgan fingerprint density at radius 3 is 2.42 bits per heavy atom. The molecular formula is C12H18FNO5. The van der Waals surface area contributed by atoms with Crippen molar-refractivity contribution in [3.63, 3.8) is 0 Å². The van der Waals surface area contributed by atoms with Crippen LogP contribution in [0.15, 0.2) is 0 Å². The summed E-state index contributed by atoms with van der Waals surface area (Å²) in [6, 6.07) is 0. The van der Waals surface area contributed by atoms with Crippen LogP contribution in [0.25, 0.3) is 0 Å². The Kier molecular flexibility index (Phi) is 3.00. The smallest absolute Gasteiger partial charge is 0.410 e. The summed E-state index contributed by atoms with van der Waals surface area (Å²) in [6.45, 7) is 4.02. The van der Waals surface area contributed by atoms with Crippen molar-refractivity contribution in [2.45, 2.75) is 32.0 Å². The molecule has 2 rings (SSSR count). The van der Waals surface area contributed by atoms with E-state index in [2.05, 4.69) is 0 Å². The van der Waals surface area contributed by atoms with Crippen LogP contribution in [0, 0.1) is 5.41 Å². The first-order valence-electron chi connectivity index (χ1n) is 6.08. The van der Waals surface area contributed by atoms with E-state index in [1.54, 1.807) is 20.8 Å². The lowest BCUT2D eigenvalue weighted by Gasteiger charge is -2.25. The number of nitrogens with zero attached hydrogens (tertiary/aromatic N) is 1. The third-order valence-electron chi connectivity index (χ3n) is 3.50. The Balaban J connectivity index is 2.18. The van der Waals surface area contributed by atoms with Crippen molar-refractivity contribution in [2.75, 3.05) is 26.3 Å². The highest BCUT2D eigenvalue weighted by Crippen LogP contribution is 2.47. The first kappa shape index (κ1) is 14.0. The minimum atomic E-state index is -2.05. The maximum absolute atomic E-state index is 14.7. The molecule has 2 aliphatic rings. The number of aliphatic carboxylic acids is 1. The number of rotatable bonds is 1. The van der Waals surface area contributed by atoms with Crippen LogP contribution in [-0.2, 0) is 14.3 Å². The number of alkyl halides is 1. The molecule has 0 aromatic carbocycles. The molecule has 0 unspecified atom stereocenters. The highest BCUT2D eigenvalue weighted by Gasteiger charge is 2.68. The number of likely N-dealkylation sites (tertiary alicyclic amines) is 1. The van der Waals surface area contributed by atoms with E-state index in [0.717, 1.165) is 4.90 Å². The van der Waals surface area contributed by atoms with Gasteiger partial charge in [-0.05, 0) is 20.8 Å². The summed E-state index contributed by atoms with van der Waals surface area (Å²) < 4.78 is 24.8. The molecule has 2 aliphatic heterocycles. The summed E-state index contributed by atoms with van der Waals surface area (Å²) in [6.07, 6.45) is -0.695. The SMILES string of the molecule is CC(C)(C)OC(=O)N1C[C@@]2(F)COC[C@@]2(C(=O)O)C1. The van der Waals surface area contributed by atoms with Crippen molar-refractivity contribution in [1.82, 2.24) is 4.90 Å². The van der Waals surface area contributed by atoms with Crippen LogP contribution in [-0.4, -0.2) is 59.6 Å². The lowest BCUT2D eigenvalue weighted by molar-refractivity contribution is -0.152. The van der Waals surface area contributed by atoms with E-state index < -0.39 is 28.7 Å². The van der Waals surface area contributed by atoms with Crippen LogP contribution in [0.3, 0.4) is 0 Å². The molecule has 7 heteroatoms. The van der Waals surface area contributed by atoms with Gasteiger partial charge in [0, 0.05) is 6.54 Å². The van der Waals surface area contributed by atoms with Gasteiger partial charge in [-0.1, -0.05) is 0 Å². The fourth-order valence-electron chi connectivity index (χ4n) is 2.50. The van der Waals surface area contributed by atoms with Gasteiger partial charge in [-0.25, -0.2) is 9.18 Å². The van der Waals surface area contributed by atoms with Crippen molar-refractivity contribution >= 4 is 12.1 Å². The molecule has 0 aromatic heterocycles. The minimum Gasteiger partial charge on any atom is -0.481 e. The topological polar surface area (TPSA) is 76.1 Å². The summed E-state index contributed by atoms with van der Waals surface area (Å²) in [7, 11) is 0. The Hall–Kier alpha value is -1.37. The maximum atomic E-state index is 14.7. The zero-order valence-corrected chi connectivity index (χ0v) is 11.2. The molecule has 108 valence electrons. The lowest BCUT2D eigenvalue weighted by Crippen LogP contribution is -2.48. The van der Waals surface area contributed by atoms with E-state index >= 15 is 0 Å². The van der Waals surface area contributed by atoms with Gasteiger partial charge in [0.2, 0.25) is 0 Å². The van der Waals surface area contributed by atoms with Crippen LogP contribution in [0.1, 0.15) is 20.8 Å². The first-order chi connectivity index (χ1) is 8.60. The van der Waals surface area contributed by atoms with Gasteiger partial charge in [-0.3, -0.25) is 4.79 Å². The molecule has 2 saturated heterocycles. The van der Waals surface area contributed by atoms with Gasteiger partial charge in [0.15, 0.2) is 5.67 Å². The predicted molar refractivity (Wildman–Crippen MR) is 62.5 cm³/mol. The number of halogens is 1. The second-order valence-electron chi connectivity index (χ2n) is 6.18. The van der Waals surface area contributed by atoms with Gasteiger partial charge in [-0.15, -0.1) is 0 Å². The standard InChI is InChI=1S/C12H18FNO5/c1-10(2,3)19-9(17)14-4-11(8(15)16)6-18-7-12(11,13)5-14/h4-7H2,1-3H3,(H,15,16)/t11-,12-/m1/s1. The summed E-state index contributed by atoms with van der Waals surface area (Å²) in [4.78, 5) is 24.4. The summed E-state index contributed by atoms with van der Waals surface area (Å²) in [5.74, 6) is -1.28. The summed E-state index contributed by atoms with van der Waals surface area (Å²) >= 11 is 0. The fraction of sp³-hybridized carbons (Fsp3) is 0.833. The van der Waals surface area contributed by atoms with Gasteiger partial charge >= 0.3 is 12.1 Å². The first-order valence-corrected chi connectivity index (χ1v) is 6.08. The Morgan fingerprint density at radius 1 is 1.32 bits per heavy atom. The number of hydrogen-bond donors (Lipinski definition) is 1. The zero-order valence-electron chi connectivity index (χ0n) is 11.2. The average Bonchev–Trinajstić information content (AvgIpc) is 2.66. The van der Waals surface area contributed by atoms with Gasteiger partial charge in [-0.2, -0.15) is 0 Å². The van der Waals surface area contributed by atoms with Crippen molar-refractivity contribution in [3.05, 3.63) is 0 Å². The number of carboxylic acid groups (broad SMARTS) is 1. The van der Waals surface area contributed by atoms with Crippen molar-refractivity contribution < 1.29 is 28.6 Å². The second-order valence-corrected chi connectivity index (χ2v) is 6.18. The molecule has 6 nitrogen and oxygen atoms in total. The zero-order chi connectivity index (χ0) is 14.5. The number of carboxylic acids is 1. The summed E-state index contributed by atoms with van der Waals surface area (Å²) in [5.41, 5.74) is -4.43. The van der Waals surface area contributed by atoms with E-state index in [1.165, 1.54) is 0 Å². The molecule has 2 atom stereocenters. The number of carbonyl (C=O) groups is 2. The van der Waals surface area contributed by atoms with Gasteiger partial charge < -0.3 is 19.5 Å². The molecule has 2 heterocycles. The highest BCUT2D eigenvalue weighted by molar-refractivity contribution is 5.80. The van der Waals surface area contributed by atoms with Crippen molar-refractivity contribution in [3.8, 4) is 0 Å². The molecular weight excluding hydrogens is 257 g/mol. The van der Waals surface area contributed by atoms with E-state index in [9.17, 15) is 19.1 Å². The third-order valence-corrected chi connectivity index (χ3v) is 3.50. The second kappa shape index (κ2) is 4.06. The minimum absolute atomic E-state index is 0.224. The van der Waals surface area contributed by atoms with Gasteiger partial charge in [0.1, 0.15) is 11.0 Å². The number of fused-ring (bicyclic) bond motifs is 1. The summed E-state index contributed by atoms with van der Waals surface area (Å²) in [5, 5.41) is 9.27. The Labute approximate surface area is 110 Å². The number of amides is 1. The molecule has 2 fully saturated rings. The molecule has 0 aliphatic carbocycles. The molecule has 1 amide bonds. The van der Waals surface area contributed by atoms with Crippen LogP contribution in [0.4, 0.5) is 9.18 Å². The highest BCUT2D eigenvalue weighted by atomic mass is 19.1. The van der Waals surface area contributed by atoms with E-state index in [4.69, 9.17) is 9.47 Å². The molecule has 0 radical (unpaired) electrons. The fourth-order valence-corrected chi connectivity index (χ4v) is 2.50. The number of hydrogen-bond acceptors (Lipinski definition) is 4. The number of ether oxygens (including phenoxy) is 2. The normalized spacial score (nSPS) is 34.2. The van der Waals surface area contributed by atoms with Crippen LogP contribution < -0.4 is 0 Å². The molecule has 0 spiro atoms. The lowest BCUT2D eigenvalue weighted by atomic mass is 9.79. The van der Waals surface area contributed by atoms with E-state index in [1.807, 2.05) is 0 Å². The van der Waals surface area contributed by atoms with Crippen LogP contribution >= 0.6 is 0 Å².